The summed E-state index contributed by atoms with van der Waals surface area (Å²) in [5, 5.41) is -0.0992. The molecule has 0 fully saturated rings. The van der Waals surface area contributed by atoms with Crippen molar-refractivity contribution in [2.24, 2.45) is 0 Å². The van der Waals surface area contributed by atoms with Crippen LogP contribution in [0.4, 0.5) is 10.1 Å². The molecule has 0 atom stereocenters. The highest BCUT2D eigenvalue weighted by atomic mass is 35.5. The molecule has 0 aliphatic rings. The minimum atomic E-state index is -0.691. The molecule has 4 nitrogen and oxygen atoms in total. The molecular formula is C10H6Cl2FN3O. The van der Waals surface area contributed by atoms with Gasteiger partial charge in [-0.05, 0) is 23.7 Å². The highest BCUT2D eigenvalue weighted by molar-refractivity contribution is 6.30. The zero-order valence-corrected chi connectivity index (χ0v) is 9.84. The molecule has 0 unspecified atom stereocenters. The molecule has 0 amide bonds. The van der Waals surface area contributed by atoms with Crippen LogP contribution in [0.25, 0.3) is 0 Å². The number of halogens is 3. The molecular weight excluding hydrogens is 268 g/mol. The van der Waals surface area contributed by atoms with Crippen molar-refractivity contribution in [3.05, 3.63) is 40.5 Å². The first-order valence-electron chi connectivity index (χ1n) is 4.48. The molecule has 0 saturated heterocycles. The second-order valence-corrected chi connectivity index (χ2v) is 3.80. The summed E-state index contributed by atoms with van der Waals surface area (Å²) in [6, 6.07) is 4.34. The van der Waals surface area contributed by atoms with Crippen LogP contribution in [0.2, 0.25) is 10.3 Å². The summed E-state index contributed by atoms with van der Waals surface area (Å²) in [6.07, 6.45) is 1.27. The third kappa shape index (κ3) is 2.57. The smallest absolute Gasteiger partial charge is 0.247 e. The molecule has 2 aromatic rings. The number of benzene rings is 1. The van der Waals surface area contributed by atoms with Gasteiger partial charge in [-0.1, -0.05) is 17.7 Å². The average Bonchev–Trinajstić information content (AvgIpc) is 2.30. The van der Waals surface area contributed by atoms with Crippen LogP contribution in [0.15, 0.2) is 24.4 Å². The maximum Gasteiger partial charge on any atom is 0.247 e. The zero-order valence-electron chi connectivity index (χ0n) is 8.32. The van der Waals surface area contributed by atoms with Crippen molar-refractivity contribution in [1.29, 1.82) is 0 Å². The summed E-state index contributed by atoms with van der Waals surface area (Å²) in [4.78, 5) is 7.39. The molecule has 1 heterocycles. The van der Waals surface area contributed by atoms with E-state index in [1.165, 1.54) is 18.3 Å². The maximum absolute atomic E-state index is 13.5. The van der Waals surface area contributed by atoms with Gasteiger partial charge in [0.15, 0.2) is 11.6 Å². The van der Waals surface area contributed by atoms with E-state index in [4.69, 9.17) is 33.7 Å². The van der Waals surface area contributed by atoms with Gasteiger partial charge < -0.3 is 10.5 Å². The Morgan fingerprint density at radius 2 is 2.06 bits per heavy atom. The Morgan fingerprint density at radius 1 is 1.29 bits per heavy atom. The number of ether oxygens (including phenoxy) is 1. The zero-order chi connectivity index (χ0) is 12.4. The summed E-state index contributed by atoms with van der Waals surface area (Å²) in [7, 11) is 0. The first-order valence-corrected chi connectivity index (χ1v) is 5.23. The van der Waals surface area contributed by atoms with E-state index in [2.05, 4.69) is 9.97 Å². The van der Waals surface area contributed by atoms with Gasteiger partial charge in [-0.3, -0.25) is 0 Å². The number of nitrogens with two attached hydrogens (primary N) is 1. The van der Waals surface area contributed by atoms with Gasteiger partial charge in [-0.2, -0.15) is 4.98 Å². The predicted octanol–water partition coefficient (Wildman–Crippen LogP) is 3.30. The molecule has 88 valence electrons. The Balaban J connectivity index is 2.38. The Morgan fingerprint density at radius 3 is 2.82 bits per heavy atom. The summed E-state index contributed by atoms with van der Waals surface area (Å²) >= 11 is 11.2. The number of nitrogens with zero attached hydrogens (tertiary/aromatic N) is 2. The normalized spacial score (nSPS) is 10.3. The van der Waals surface area contributed by atoms with Crippen molar-refractivity contribution >= 4 is 28.9 Å². The molecule has 1 aromatic carbocycles. The largest absolute Gasteiger partial charge is 0.434 e. The van der Waals surface area contributed by atoms with E-state index in [-0.39, 0.29) is 27.6 Å². The molecule has 0 bridgehead atoms. The Labute approximate surface area is 106 Å². The van der Waals surface area contributed by atoms with E-state index in [9.17, 15) is 4.39 Å². The van der Waals surface area contributed by atoms with E-state index in [0.717, 1.165) is 0 Å². The fourth-order valence-electron chi connectivity index (χ4n) is 1.10. The minimum Gasteiger partial charge on any atom is -0.434 e. The van der Waals surface area contributed by atoms with Gasteiger partial charge in [-0.25, -0.2) is 9.37 Å². The second kappa shape index (κ2) is 4.73. The van der Waals surface area contributed by atoms with E-state index >= 15 is 0 Å². The van der Waals surface area contributed by atoms with E-state index in [1.54, 1.807) is 6.07 Å². The van der Waals surface area contributed by atoms with Crippen molar-refractivity contribution in [3.8, 4) is 11.6 Å². The van der Waals surface area contributed by atoms with Crippen molar-refractivity contribution in [3.63, 3.8) is 0 Å². The summed E-state index contributed by atoms with van der Waals surface area (Å²) in [5.74, 6) is -0.798. The SMILES string of the molecule is Nc1cnc(Cl)nc1Oc1cccc(Cl)c1F. The van der Waals surface area contributed by atoms with Crippen LogP contribution in [0, 0.1) is 5.82 Å². The molecule has 2 N–H and O–H groups in total. The summed E-state index contributed by atoms with van der Waals surface area (Å²) in [5.41, 5.74) is 5.71. The molecule has 2 rings (SSSR count). The van der Waals surface area contributed by atoms with Gasteiger partial charge in [0.25, 0.3) is 0 Å². The van der Waals surface area contributed by atoms with Gasteiger partial charge in [-0.15, -0.1) is 0 Å². The van der Waals surface area contributed by atoms with Crippen LogP contribution in [-0.4, -0.2) is 9.97 Å². The van der Waals surface area contributed by atoms with E-state index < -0.39 is 5.82 Å². The van der Waals surface area contributed by atoms with E-state index in [1.807, 2.05) is 0 Å². The van der Waals surface area contributed by atoms with E-state index in [0.29, 0.717) is 0 Å². The summed E-state index contributed by atoms with van der Waals surface area (Å²) < 4.78 is 18.7. The average molecular weight is 274 g/mol. The molecule has 0 saturated carbocycles. The van der Waals surface area contributed by atoms with Crippen LogP contribution in [-0.2, 0) is 0 Å². The lowest BCUT2D eigenvalue weighted by atomic mass is 10.3. The fourth-order valence-corrected chi connectivity index (χ4v) is 1.40. The third-order valence-corrected chi connectivity index (χ3v) is 2.35. The monoisotopic (exact) mass is 273 g/mol. The van der Waals surface area contributed by atoms with Crippen molar-refractivity contribution < 1.29 is 9.13 Å². The van der Waals surface area contributed by atoms with Gasteiger partial charge in [0, 0.05) is 0 Å². The fraction of sp³-hybridized carbons (Fsp3) is 0. The molecule has 1 aromatic heterocycles. The number of hydrogen-bond donors (Lipinski definition) is 1. The van der Waals surface area contributed by atoms with Crippen LogP contribution in [0.3, 0.4) is 0 Å². The van der Waals surface area contributed by atoms with Gasteiger partial charge >= 0.3 is 0 Å². The quantitative estimate of drug-likeness (QED) is 0.853. The number of nitrogen functional groups attached to an aromatic ring is 1. The van der Waals surface area contributed by atoms with Crippen LogP contribution in [0.5, 0.6) is 11.6 Å². The Bertz CT molecular complexity index is 565. The maximum atomic E-state index is 13.5. The summed E-state index contributed by atoms with van der Waals surface area (Å²) in [6.45, 7) is 0. The molecule has 0 radical (unpaired) electrons. The highest BCUT2D eigenvalue weighted by Gasteiger charge is 2.11. The highest BCUT2D eigenvalue weighted by Crippen LogP contribution is 2.30. The van der Waals surface area contributed by atoms with Crippen molar-refractivity contribution in [2.75, 3.05) is 5.73 Å². The van der Waals surface area contributed by atoms with Gasteiger partial charge in [0.05, 0.1) is 11.2 Å². The number of anilines is 1. The Kier molecular flexibility index (Phi) is 3.31. The first kappa shape index (κ1) is 11.9. The molecule has 17 heavy (non-hydrogen) atoms. The van der Waals surface area contributed by atoms with Gasteiger partial charge in [0.2, 0.25) is 11.2 Å². The van der Waals surface area contributed by atoms with Crippen LogP contribution >= 0.6 is 23.2 Å². The second-order valence-electron chi connectivity index (χ2n) is 3.05. The number of hydrogen-bond acceptors (Lipinski definition) is 4. The lowest BCUT2D eigenvalue weighted by Gasteiger charge is -2.08. The lowest BCUT2D eigenvalue weighted by molar-refractivity contribution is 0.429. The topological polar surface area (TPSA) is 61.0 Å². The molecule has 0 aliphatic heterocycles. The number of aromatic nitrogens is 2. The van der Waals surface area contributed by atoms with Crippen LogP contribution < -0.4 is 10.5 Å². The minimum absolute atomic E-state index is 0.0221. The van der Waals surface area contributed by atoms with Gasteiger partial charge in [0.1, 0.15) is 5.69 Å². The van der Waals surface area contributed by atoms with Crippen molar-refractivity contribution in [1.82, 2.24) is 9.97 Å². The Hall–Kier alpha value is -1.59. The number of rotatable bonds is 2. The molecule has 0 spiro atoms. The van der Waals surface area contributed by atoms with Crippen molar-refractivity contribution in [2.45, 2.75) is 0 Å². The molecule has 7 heteroatoms. The lowest BCUT2D eigenvalue weighted by Crippen LogP contribution is -1.98. The predicted molar refractivity (Wildman–Crippen MR) is 62.9 cm³/mol. The van der Waals surface area contributed by atoms with Crippen LogP contribution in [0.1, 0.15) is 0 Å². The standard InChI is InChI=1S/C10H6Cl2FN3O/c11-5-2-1-3-7(8(5)13)17-9-6(14)4-15-10(12)16-9/h1-4H,14H2. The third-order valence-electron chi connectivity index (χ3n) is 1.87. The molecule has 0 aliphatic carbocycles. The first-order chi connectivity index (χ1) is 8.08.